The summed E-state index contributed by atoms with van der Waals surface area (Å²) < 4.78 is 19.1. The van der Waals surface area contributed by atoms with Gasteiger partial charge in [-0.25, -0.2) is 4.98 Å². The van der Waals surface area contributed by atoms with E-state index >= 15 is 0 Å². The predicted molar refractivity (Wildman–Crippen MR) is 168 cm³/mol. The first-order valence-corrected chi connectivity index (χ1v) is 17.0. The molecule has 2 bridgehead atoms. The number of nitrogens with zero attached hydrogens (tertiary/aromatic N) is 3. The number of halogens is 2. The Hall–Kier alpha value is -2.04. The van der Waals surface area contributed by atoms with E-state index in [1.807, 2.05) is 18.2 Å². The minimum atomic E-state index is -0.902. The molecule has 10 heteroatoms. The van der Waals surface area contributed by atoms with Gasteiger partial charge in [0.05, 0.1) is 46.2 Å². The number of hydrogen-bond acceptors (Lipinski definition) is 8. The molecule has 0 unspecified atom stereocenters. The largest absolute Gasteiger partial charge is 0.382 e. The van der Waals surface area contributed by atoms with Gasteiger partial charge in [-0.2, -0.15) is 0 Å². The lowest BCUT2D eigenvalue weighted by Gasteiger charge is -2.41. The molecule has 4 aliphatic rings. The number of aliphatic hydroxyl groups is 1. The Kier molecular flexibility index (Phi) is 7.53. The number of hydrogen-bond donors (Lipinski definition) is 1. The van der Waals surface area contributed by atoms with Gasteiger partial charge in [0.15, 0.2) is 0 Å². The second kappa shape index (κ2) is 11.4. The number of fused-ring (bicyclic) bond motifs is 3. The van der Waals surface area contributed by atoms with E-state index in [2.05, 4.69) is 28.3 Å². The van der Waals surface area contributed by atoms with Gasteiger partial charge in [-0.3, -0.25) is 4.90 Å². The van der Waals surface area contributed by atoms with Crippen LogP contribution in [0.3, 0.4) is 0 Å². The summed E-state index contributed by atoms with van der Waals surface area (Å²) in [4.78, 5) is 7.43. The number of rotatable bonds is 8. The summed E-state index contributed by atoms with van der Waals surface area (Å²) in [6.45, 7) is 4.83. The van der Waals surface area contributed by atoms with Crippen molar-refractivity contribution in [2.75, 3.05) is 26.3 Å². The average Bonchev–Trinajstić information content (AvgIpc) is 3.59. The highest BCUT2D eigenvalue weighted by Gasteiger charge is 2.56. The van der Waals surface area contributed by atoms with Gasteiger partial charge in [0, 0.05) is 36.7 Å². The highest BCUT2D eigenvalue weighted by molar-refractivity contribution is 7.18. The smallest absolute Gasteiger partial charge is 0.145 e. The first-order valence-electron chi connectivity index (χ1n) is 15.4. The SMILES string of the molecule is O[C@@]1(c2nc3ccc(CN4CCOCC4)cc3s2)[C@@H]2CC[C@H]1C[C@H](OCc1c(-c3c(Cl)cccc3Cl)noc1C1CC1)C2. The van der Waals surface area contributed by atoms with Crippen LogP contribution in [0.15, 0.2) is 40.9 Å². The molecule has 3 heterocycles. The predicted octanol–water partition coefficient (Wildman–Crippen LogP) is 7.56. The Morgan fingerprint density at radius 3 is 2.49 bits per heavy atom. The van der Waals surface area contributed by atoms with E-state index in [1.165, 1.54) is 5.56 Å². The van der Waals surface area contributed by atoms with Gasteiger partial charge in [0.25, 0.3) is 0 Å². The molecule has 7 nitrogen and oxygen atoms in total. The van der Waals surface area contributed by atoms with Gasteiger partial charge in [0.2, 0.25) is 0 Å². The summed E-state index contributed by atoms with van der Waals surface area (Å²) in [7, 11) is 0. The molecule has 226 valence electrons. The molecule has 8 rings (SSSR count). The quantitative estimate of drug-likeness (QED) is 0.213. The molecule has 3 aliphatic carbocycles. The number of aromatic nitrogens is 2. The van der Waals surface area contributed by atoms with E-state index in [4.69, 9.17) is 42.2 Å². The zero-order valence-electron chi connectivity index (χ0n) is 23.9. The van der Waals surface area contributed by atoms with Crippen molar-refractivity contribution in [3.05, 3.63) is 68.3 Å². The van der Waals surface area contributed by atoms with E-state index in [-0.39, 0.29) is 17.9 Å². The van der Waals surface area contributed by atoms with Gasteiger partial charge in [-0.1, -0.05) is 40.5 Å². The number of morpholine rings is 1. The maximum Gasteiger partial charge on any atom is 0.145 e. The van der Waals surface area contributed by atoms with E-state index in [0.717, 1.165) is 97.9 Å². The average molecular weight is 641 g/mol. The second-order valence-corrected chi connectivity index (χ2v) is 14.5. The molecule has 43 heavy (non-hydrogen) atoms. The number of thiazole rings is 1. The first-order chi connectivity index (χ1) is 21.0. The molecule has 1 saturated heterocycles. The minimum absolute atomic E-state index is 0.0452. The summed E-state index contributed by atoms with van der Waals surface area (Å²) in [5.74, 6) is 1.51. The monoisotopic (exact) mass is 639 g/mol. The Balaban J connectivity index is 0.996. The Morgan fingerprint density at radius 1 is 1.02 bits per heavy atom. The third-order valence-corrected chi connectivity index (χ3v) is 11.7. The molecule has 4 fully saturated rings. The summed E-state index contributed by atoms with van der Waals surface area (Å²) in [6.07, 6.45) is 5.81. The molecule has 3 saturated carbocycles. The van der Waals surface area contributed by atoms with Crippen molar-refractivity contribution in [1.29, 1.82) is 0 Å². The summed E-state index contributed by atoms with van der Waals surface area (Å²) >= 11 is 14.8. The maximum absolute atomic E-state index is 12.2. The lowest BCUT2D eigenvalue weighted by atomic mass is 9.73. The fourth-order valence-corrected chi connectivity index (χ4v) is 9.35. The van der Waals surface area contributed by atoms with Gasteiger partial charge < -0.3 is 19.1 Å². The van der Waals surface area contributed by atoms with Crippen molar-refractivity contribution in [2.45, 2.75) is 69.3 Å². The van der Waals surface area contributed by atoms with Gasteiger partial charge in [-0.15, -0.1) is 11.3 Å². The molecule has 0 amide bonds. The normalized spacial score (nSPS) is 27.7. The molecular weight excluding hydrogens is 605 g/mol. The van der Waals surface area contributed by atoms with Crippen LogP contribution in [0.2, 0.25) is 10.0 Å². The first kappa shape index (κ1) is 28.4. The third kappa shape index (κ3) is 5.23. The van der Waals surface area contributed by atoms with Crippen molar-refractivity contribution in [3.63, 3.8) is 0 Å². The molecule has 1 aliphatic heterocycles. The molecule has 4 atom stereocenters. The molecule has 2 aromatic heterocycles. The fraction of sp³-hybridized carbons (Fsp3) is 0.515. The number of benzene rings is 2. The zero-order chi connectivity index (χ0) is 29.1. The molecule has 2 aromatic carbocycles. The fourth-order valence-electron chi connectivity index (χ4n) is 7.49. The maximum atomic E-state index is 12.2. The number of ether oxygens (including phenoxy) is 2. The van der Waals surface area contributed by atoms with Crippen LogP contribution < -0.4 is 0 Å². The zero-order valence-corrected chi connectivity index (χ0v) is 26.3. The van der Waals surface area contributed by atoms with Crippen LogP contribution in [0.1, 0.15) is 66.3 Å². The van der Waals surface area contributed by atoms with Crippen molar-refractivity contribution in [1.82, 2.24) is 15.0 Å². The van der Waals surface area contributed by atoms with Crippen LogP contribution in [0.5, 0.6) is 0 Å². The Labute approximate surface area is 265 Å². The van der Waals surface area contributed by atoms with Crippen LogP contribution >= 0.6 is 34.5 Å². The lowest BCUT2D eigenvalue weighted by molar-refractivity contribution is -0.116. The van der Waals surface area contributed by atoms with Crippen LogP contribution in [0, 0.1) is 11.8 Å². The topological polar surface area (TPSA) is 80.9 Å². The van der Waals surface area contributed by atoms with Crippen LogP contribution in [-0.2, 0) is 28.2 Å². The highest BCUT2D eigenvalue weighted by Crippen LogP contribution is 2.57. The molecule has 1 N–H and O–H groups in total. The van der Waals surface area contributed by atoms with Crippen molar-refractivity contribution >= 4 is 44.8 Å². The molecule has 0 spiro atoms. The second-order valence-electron chi connectivity index (χ2n) is 12.7. The lowest BCUT2D eigenvalue weighted by Crippen LogP contribution is -2.44. The van der Waals surface area contributed by atoms with Gasteiger partial charge >= 0.3 is 0 Å². The van der Waals surface area contributed by atoms with E-state index in [9.17, 15) is 5.11 Å². The Morgan fingerprint density at radius 2 is 1.77 bits per heavy atom. The highest BCUT2D eigenvalue weighted by atomic mass is 35.5. The van der Waals surface area contributed by atoms with Crippen LogP contribution in [0.4, 0.5) is 0 Å². The van der Waals surface area contributed by atoms with Crippen molar-refractivity contribution in [2.24, 2.45) is 11.8 Å². The summed E-state index contributed by atoms with van der Waals surface area (Å²) in [5, 5.41) is 18.6. The Bertz CT molecular complexity index is 1610. The van der Waals surface area contributed by atoms with E-state index in [0.29, 0.717) is 33.8 Å². The van der Waals surface area contributed by atoms with Gasteiger partial charge in [0.1, 0.15) is 22.1 Å². The summed E-state index contributed by atoms with van der Waals surface area (Å²) in [6, 6.07) is 12.0. The van der Waals surface area contributed by atoms with Gasteiger partial charge in [-0.05, 0) is 80.2 Å². The van der Waals surface area contributed by atoms with E-state index < -0.39 is 5.60 Å². The molecule has 4 aromatic rings. The molecule has 0 radical (unpaired) electrons. The summed E-state index contributed by atoms with van der Waals surface area (Å²) in [5.41, 5.74) is 3.68. The third-order valence-electron chi connectivity index (χ3n) is 9.94. The minimum Gasteiger partial charge on any atom is -0.382 e. The van der Waals surface area contributed by atoms with Crippen molar-refractivity contribution in [3.8, 4) is 11.3 Å². The standard InChI is InChI=1S/C33H35Cl2N3O4S/c34-25-2-1-3-26(35)29(25)30-24(31(42-37-30)20-5-6-20)18-41-23-15-21-7-8-22(16-23)33(21,39)32-36-27-9-4-19(14-28(27)43-32)17-38-10-12-40-13-11-38/h1-4,9,14,20-23,39H,5-8,10-13,15-18H2/t21-,22+,23-,33+. The molecular formula is C33H35Cl2N3O4S. The van der Waals surface area contributed by atoms with Crippen LogP contribution in [0.25, 0.3) is 21.5 Å². The van der Waals surface area contributed by atoms with Crippen LogP contribution in [-0.4, -0.2) is 52.6 Å². The van der Waals surface area contributed by atoms with E-state index in [1.54, 1.807) is 11.3 Å². The van der Waals surface area contributed by atoms with Crippen molar-refractivity contribution < 1.29 is 19.1 Å².